The maximum Gasteiger partial charge on any atom is 0.246 e. The Morgan fingerprint density at radius 3 is 2.90 bits per heavy atom. The van der Waals surface area contributed by atoms with Gasteiger partial charge >= 0.3 is 0 Å². The second kappa shape index (κ2) is 6.13. The van der Waals surface area contributed by atoms with Crippen LogP contribution >= 0.6 is 0 Å². The molecule has 0 aromatic heterocycles. The fraction of sp³-hybridized carbons (Fsp3) is 0.562. The number of hydrogen-bond acceptors (Lipinski definition) is 4. The molecule has 5 heteroatoms. The summed E-state index contributed by atoms with van der Waals surface area (Å²) >= 11 is 0. The molecule has 2 aliphatic rings. The van der Waals surface area contributed by atoms with Crippen molar-refractivity contribution in [2.75, 3.05) is 31.6 Å². The lowest BCUT2D eigenvalue weighted by Crippen LogP contribution is -2.51. The lowest BCUT2D eigenvalue weighted by molar-refractivity contribution is -0.121. The van der Waals surface area contributed by atoms with E-state index in [2.05, 4.69) is 16.3 Å². The number of nitrogens with zero attached hydrogens (tertiary/aromatic N) is 1. The molecule has 2 aliphatic heterocycles. The van der Waals surface area contributed by atoms with Crippen LogP contribution in [0.5, 0.6) is 0 Å². The smallest absolute Gasteiger partial charge is 0.246 e. The van der Waals surface area contributed by atoms with E-state index in [-0.39, 0.29) is 5.91 Å². The van der Waals surface area contributed by atoms with Gasteiger partial charge in [0.1, 0.15) is 5.54 Å². The summed E-state index contributed by atoms with van der Waals surface area (Å²) in [5, 5.41) is 2.93. The minimum absolute atomic E-state index is 0.154. The SMILES string of the molecule is NC1(C(=O)Nc2cccc(CN3CCCC3)c2)CCOC1. The standard InChI is InChI=1S/C16H23N3O2/c17-16(6-9-21-12-16)15(20)18-14-5-3-4-13(10-14)11-19-7-1-2-8-19/h3-5,10H,1-2,6-9,11-12,17H2,(H,18,20). The Morgan fingerprint density at radius 2 is 2.19 bits per heavy atom. The number of hydrogen-bond donors (Lipinski definition) is 2. The summed E-state index contributed by atoms with van der Waals surface area (Å²) in [5.41, 5.74) is 7.23. The number of amides is 1. The largest absolute Gasteiger partial charge is 0.379 e. The molecule has 3 N–H and O–H groups in total. The number of ether oxygens (including phenoxy) is 1. The van der Waals surface area contributed by atoms with Gasteiger partial charge in [-0.3, -0.25) is 9.69 Å². The van der Waals surface area contributed by atoms with E-state index in [4.69, 9.17) is 10.5 Å². The van der Waals surface area contributed by atoms with Gasteiger partial charge in [-0.25, -0.2) is 0 Å². The molecular formula is C16H23N3O2. The lowest BCUT2D eigenvalue weighted by Gasteiger charge is -2.21. The summed E-state index contributed by atoms with van der Waals surface area (Å²) in [6.07, 6.45) is 3.14. The Kier molecular flexibility index (Phi) is 4.24. The number of nitrogens with one attached hydrogen (secondary N) is 1. The summed E-state index contributed by atoms with van der Waals surface area (Å²) in [7, 11) is 0. The first-order chi connectivity index (χ1) is 10.2. The molecule has 2 saturated heterocycles. The summed E-state index contributed by atoms with van der Waals surface area (Å²) in [5.74, 6) is -0.154. The van der Waals surface area contributed by atoms with Crippen LogP contribution in [0.3, 0.4) is 0 Å². The van der Waals surface area contributed by atoms with Crippen molar-refractivity contribution in [3.63, 3.8) is 0 Å². The van der Waals surface area contributed by atoms with Gasteiger partial charge in [-0.2, -0.15) is 0 Å². The third-order valence-electron chi connectivity index (χ3n) is 4.29. The number of likely N-dealkylation sites (tertiary alicyclic amines) is 1. The molecule has 21 heavy (non-hydrogen) atoms. The van der Waals surface area contributed by atoms with Crippen molar-refractivity contribution in [1.29, 1.82) is 0 Å². The second-order valence-corrected chi connectivity index (χ2v) is 6.10. The van der Waals surface area contributed by atoms with Crippen molar-refractivity contribution in [2.45, 2.75) is 31.3 Å². The second-order valence-electron chi connectivity index (χ2n) is 6.10. The van der Waals surface area contributed by atoms with Crippen molar-refractivity contribution in [3.05, 3.63) is 29.8 Å². The van der Waals surface area contributed by atoms with Crippen LogP contribution in [0.4, 0.5) is 5.69 Å². The van der Waals surface area contributed by atoms with Crippen LogP contribution in [0.1, 0.15) is 24.8 Å². The van der Waals surface area contributed by atoms with Gasteiger partial charge in [0, 0.05) is 18.8 Å². The highest BCUT2D eigenvalue weighted by Gasteiger charge is 2.38. The first-order valence-electron chi connectivity index (χ1n) is 7.65. The zero-order chi connectivity index (χ0) is 14.7. The molecule has 1 aromatic carbocycles. The molecule has 0 aliphatic carbocycles. The molecule has 0 saturated carbocycles. The summed E-state index contributed by atoms with van der Waals surface area (Å²) < 4.78 is 5.24. The van der Waals surface area contributed by atoms with Crippen molar-refractivity contribution in [3.8, 4) is 0 Å². The van der Waals surface area contributed by atoms with Crippen molar-refractivity contribution in [1.82, 2.24) is 4.90 Å². The predicted octanol–water partition coefficient (Wildman–Crippen LogP) is 1.34. The molecule has 0 spiro atoms. The van der Waals surface area contributed by atoms with E-state index in [1.807, 2.05) is 18.2 Å². The van der Waals surface area contributed by atoms with Crippen molar-refractivity contribution >= 4 is 11.6 Å². The highest BCUT2D eigenvalue weighted by atomic mass is 16.5. The van der Waals surface area contributed by atoms with Crippen molar-refractivity contribution < 1.29 is 9.53 Å². The van der Waals surface area contributed by atoms with E-state index < -0.39 is 5.54 Å². The van der Waals surface area contributed by atoms with Gasteiger partial charge in [0.2, 0.25) is 5.91 Å². The molecule has 1 aromatic rings. The number of rotatable bonds is 4. The quantitative estimate of drug-likeness (QED) is 0.878. The maximum atomic E-state index is 12.3. The van der Waals surface area contributed by atoms with Crippen LogP contribution in [0.2, 0.25) is 0 Å². The molecule has 5 nitrogen and oxygen atoms in total. The van der Waals surface area contributed by atoms with E-state index in [1.165, 1.54) is 31.5 Å². The van der Waals surface area contributed by atoms with Gasteiger partial charge in [0.15, 0.2) is 0 Å². The van der Waals surface area contributed by atoms with Gasteiger partial charge in [-0.05, 0) is 50.0 Å². The molecule has 1 amide bonds. The zero-order valence-electron chi connectivity index (χ0n) is 12.3. The van der Waals surface area contributed by atoms with Crippen LogP contribution in [-0.2, 0) is 16.1 Å². The van der Waals surface area contributed by atoms with Gasteiger partial charge < -0.3 is 15.8 Å². The third-order valence-corrected chi connectivity index (χ3v) is 4.29. The van der Waals surface area contributed by atoms with Crippen LogP contribution < -0.4 is 11.1 Å². The zero-order valence-corrected chi connectivity index (χ0v) is 12.3. The highest BCUT2D eigenvalue weighted by Crippen LogP contribution is 2.20. The van der Waals surface area contributed by atoms with Gasteiger partial charge in [-0.15, -0.1) is 0 Å². The Hall–Kier alpha value is -1.43. The van der Waals surface area contributed by atoms with Crippen LogP contribution in [-0.4, -0.2) is 42.6 Å². The molecule has 3 rings (SSSR count). The Bertz CT molecular complexity index is 506. The van der Waals surface area contributed by atoms with E-state index in [1.54, 1.807) is 0 Å². The molecule has 2 heterocycles. The molecule has 0 radical (unpaired) electrons. The van der Waals surface area contributed by atoms with E-state index in [9.17, 15) is 4.79 Å². The molecule has 2 fully saturated rings. The molecule has 1 unspecified atom stereocenters. The minimum atomic E-state index is -0.884. The van der Waals surface area contributed by atoms with Crippen LogP contribution in [0.25, 0.3) is 0 Å². The summed E-state index contributed by atoms with van der Waals surface area (Å²) in [4.78, 5) is 14.7. The Labute approximate surface area is 125 Å². The van der Waals surface area contributed by atoms with Crippen molar-refractivity contribution in [2.24, 2.45) is 5.73 Å². The topological polar surface area (TPSA) is 67.6 Å². The van der Waals surface area contributed by atoms with Gasteiger partial charge in [0.05, 0.1) is 6.61 Å². The normalized spacial score (nSPS) is 26.1. The van der Waals surface area contributed by atoms with Gasteiger partial charge in [0.25, 0.3) is 0 Å². The molecule has 0 bridgehead atoms. The number of carbonyl (C=O) groups is 1. The fourth-order valence-electron chi connectivity index (χ4n) is 2.96. The first-order valence-corrected chi connectivity index (χ1v) is 7.65. The van der Waals surface area contributed by atoms with E-state index in [0.717, 1.165) is 12.2 Å². The number of anilines is 1. The van der Waals surface area contributed by atoms with E-state index in [0.29, 0.717) is 19.6 Å². The maximum absolute atomic E-state index is 12.3. The third kappa shape index (κ3) is 3.43. The highest BCUT2D eigenvalue weighted by molar-refractivity contribution is 5.98. The summed E-state index contributed by atoms with van der Waals surface area (Å²) in [6, 6.07) is 8.03. The van der Waals surface area contributed by atoms with Crippen LogP contribution in [0, 0.1) is 0 Å². The minimum Gasteiger partial charge on any atom is -0.379 e. The average molecular weight is 289 g/mol. The fourth-order valence-corrected chi connectivity index (χ4v) is 2.96. The summed E-state index contributed by atoms with van der Waals surface area (Å²) in [6.45, 7) is 4.13. The Morgan fingerprint density at radius 1 is 1.38 bits per heavy atom. The predicted molar refractivity (Wildman–Crippen MR) is 81.9 cm³/mol. The number of carbonyl (C=O) groups excluding carboxylic acids is 1. The van der Waals surface area contributed by atoms with Crippen LogP contribution in [0.15, 0.2) is 24.3 Å². The first kappa shape index (κ1) is 14.5. The number of nitrogens with two attached hydrogens (primary N) is 1. The Balaban J connectivity index is 1.63. The average Bonchev–Trinajstić information content (AvgIpc) is 3.12. The molecule has 1 atom stereocenters. The molecule has 114 valence electrons. The van der Waals surface area contributed by atoms with Gasteiger partial charge in [-0.1, -0.05) is 12.1 Å². The number of benzene rings is 1. The lowest BCUT2D eigenvalue weighted by atomic mass is 9.99. The van der Waals surface area contributed by atoms with E-state index >= 15 is 0 Å². The molecular weight excluding hydrogens is 266 g/mol. The monoisotopic (exact) mass is 289 g/mol.